The van der Waals surface area contributed by atoms with E-state index in [1.54, 1.807) is 19.3 Å². The number of nitrogens with one attached hydrogen (secondary N) is 1. The van der Waals surface area contributed by atoms with Crippen LogP contribution in [0.15, 0.2) is 54.3 Å². The van der Waals surface area contributed by atoms with Crippen molar-refractivity contribution in [3.05, 3.63) is 71.0 Å². The van der Waals surface area contributed by atoms with E-state index in [4.69, 9.17) is 9.47 Å². The van der Waals surface area contributed by atoms with E-state index in [1.165, 1.54) is 6.26 Å². The van der Waals surface area contributed by atoms with Gasteiger partial charge in [-0.1, -0.05) is 12.1 Å². The second-order valence-electron chi connectivity index (χ2n) is 5.70. The van der Waals surface area contributed by atoms with E-state index >= 15 is 0 Å². The van der Waals surface area contributed by atoms with Gasteiger partial charge in [0.05, 0.1) is 13.4 Å². The summed E-state index contributed by atoms with van der Waals surface area (Å²) in [5.74, 6) is 1.21. The summed E-state index contributed by atoms with van der Waals surface area (Å²) in [4.78, 5) is 12.6. The van der Waals surface area contributed by atoms with Gasteiger partial charge in [0.25, 0.3) is 5.91 Å². The van der Waals surface area contributed by atoms with Gasteiger partial charge in [-0.05, 0) is 61.4 Å². The molecule has 0 fully saturated rings. The lowest BCUT2D eigenvalue weighted by atomic mass is 10.1. The van der Waals surface area contributed by atoms with E-state index in [0.717, 1.165) is 22.4 Å². The number of rotatable bonds is 3. The summed E-state index contributed by atoms with van der Waals surface area (Å²) in [6, 6.07) is 11.5. The summed E-state index contributed by atoms with van der Waals surface area (Å²) in [7, 11) is 1.61. The van der Waals surface area contributed by atoms with E-state index in [-0.39, 0.29) is 5.91 Å². The molecule has 0 aromatic heterocycles. The quantitative estimate of drug-likeness (QED) is 0.920. The molecular formula is C20H19NO3. The first-order chi connectivity index (χ1) is 11.6. The van der Waals surface area contributed by atoms with Gasteiger partial charge >= 0.3 is 0 Å². The third-order valence-electron chi connectivity index (χ3n) is 3.87. The maximum atomic E-state index is 12.6. The molecule has 0 unspecified atom stereocenters. The molecule has 0 radical (unpaired) electrons. The Bertz CT molecular complexity index is 850. The van der Waals surface area contributed by atoms with Crippen LogP contribution in [-0.2, 0) is 4.79 Å². The van der Waals surface area contributed by atoms with Gasteiger partial charge in [0.1, 0.15) is 11.5 Å². The highest BCUT2D eigenvalue weighted by molar-refractivity contribution is 6.09. The van der Waals surface area contributed by atoms with Crippen LogP contribution in [0.25, 0.3) is 6.08 Å². The smallest absolute Gasteiger partial charge is 0.255 e. The molecule has 1 heterocycles. The fourth-order valence-corrected chi connectivity index (χ4v) is 2.48. The molecule has 0 bridgehead atoms. The van der Waals surface area contributed by atoms with E-state index < -0.39 is 0 Å². The molecule has 1 amide bonds. The number of benzene rings is 2. The molecule has 122 valence electrons. The predicted molar refractivity (Wildman–Crippen MR) is 95.3 cm³/mol. The minimum Gasteiger partial charge on any atom is -0.497 e. The topological polar surface area (TPSA) is 47.6 Å². The highest BCUT2D eigenvalue weighted by atomic mass is 16.5. The molecule has 2 aromatic rings. The largest absolute Gasteiger partial charge is 0.497 e. The maximum absolute atomic E-state index is 12.6. The van der Waals surface area contributed by atoms with Crippen molar-refractivity contribution in [2.45, 2.75) is 13.8 Å². The molecule has 1 N–H and O–H groups in total. The highest BCUT2D eigenvalue weighted by Crippen LogP contribution is 2.29. The van der Waals surface area contributed by atoms with Gasteiger partial charge in [-0.25, -0.2) is 0 Å². The normalized spacial score (nSPS) is 12.5. The van der Waals surface area contributed by atoms with Gasteiger partial charge < -0.3 is 14.8 Å². The minimum atomic E-state index is -0.181. The van der Waals surface area contributed by atoms with Crippen molar-refractivity contribution in [1.29, 1.82) is 0 Å². The summed E-state index contributed by atoms with van der Waals surface area (Å²) in [6.07, 6.45) is 4.97. The second-order valence-corrected chi connectivity index (χ2v) is 5.70. The summed E-state index contributed by atoms with van der Waals surface area (Å²) >= 11 is 0. The molecule has 0 aliphatic carbocycles. The third-order valence-corrected chi connectivity index (χ3v) is 3.87. The monoisotopic (exact) mass is 321 g/mol. The number of hydrogen-bond acceptors (Lipinski definition) is 3. The molecule has 4 nitrogen and oxygen atoms in total. The summed E-state index contributed by atoms with van der Waals surface area (Å²) in [5.41, 5.74) is 4.24. The zero-order valence-corrected chi connectivity index (χ0v) is 13.9. The number of carbonyl (C=O) groups excluding carboxylic acids is 1. The number of amides is 1. The van der Waals surface area contributed by atoms with Crippen LogP contribution in [0, 0.1) is 13.8 Å². The molecule has 0 spiro atoms. The van der Waals surface area contributed by atoms with Crippen LogP contribution in [0.3, 0.4) is 0 Å². The lowest BCUT2D eigenvalue weighted by Gasteiger charge is -2.10. The molecule has 24 heavy (non-hydrogen) atoms. The van der Waals surface area contributed by atoms with Crippen molar-refractivity contribution in [1.82, 2.24) is 0 Å². The number of ether oxygens (including phenoxy) is 2. The Balaban J connectivity index is 1.91. The van der Waals surface area contributed by atoms with Gasteiger partial charge in [-0.3, -0.25) is 4.79 Å². The molecule has 1 aliphatic rings. The molecule has 2 aromatic carbocycles. The van der Waals surface area contributed by atoms with Crippen LogP contribution in [0.4, 0.5) is 5.69 Å². The molecule has 0 saturated heterocycles. The average molecular weight is 321 g/mol. The van der Waals surface area contributed by atoms with E-state index in [2.05, 4.69) is 5.32 Å². The van der Waals surface area contributed by atoms with Crippen LogP contribution < -0.4 is 14.8 Å². The molecule has 3 rings (SSSR count). The Morgan fingerprint density at radius 1 is 1.12 bits per heavy atom. The van der Waals surface area contributed by atoms with Crippen LogP contribution in [0.1, 0.15) is 16.7 Å². The first kappa shape index (κ1) is 15.9. The van der Waals surface area contributed by atoms with Crippen LogP contribution in [-0.4, -0.2) is 13.0 Å². The molecular weight excluding hydrogens is 302 g/mol. The third kappa shape index (κ3) is 3.33. The lowest BCUT2D eigenvalue weighted by Crippen LogP contribution is -2.14. The van der Waals surface area contributed by atoms with Gasteiger partial charge in [0.15, 0.2) is 0 Å². The standard InChI is InChI=1S/C20H19NO3/c1-13-4-5-14(2)18(10-13)21-20(22)15-8-9-24-19-7-6-17(23-3)12-16(19)11-15/h4-12H,1-3H3,(H,21,22). The van der Waals surface area contributed by atoms with E-state index in [1.807, 2.05) is 50.2 Å². The second kappa shape index (κ2) is 6.62. The first-order valence-corrected chi connectivity index (χ1v) is 7.68. The van der Waals surface area contributed by atoms with Crippen LogP contribution in [0.5, 0.6) is 11.5 Å². The highest BCUT2D eigenvalue weighted by Gasteiger charge is 2.14. The number of hydrogen-bond donors (Lipinski definition) is 1. The van der Waals surface area contributed by atoms with Gasteiger partial charge in [0, 0.05) is 16.8 Å². The van der Waals surface area contributed by atoms with Crippen molar-refractivity contribution < 1.29 is 14.3 Å². The first-order valence-electron chi connectivity index (χ1n) is 7.68. The van der Waals surface area contributed by atoms with Gasteiger partial charge in [-0.2, -0.15) is 0 Å². The Labute approximate surface area is 141 Å². The van der Waals surface area contributed by atoms with Crippen molar-refractivity contribution in [2.75, 3.05) is 12.4 Å². The van der Waals surface area contributed by atoms with Gasteiger partial charge in [-0.15, -0.1) is 0 Å². The zero-order chi connectivity index (χ0) is 17.1. The molecule has 4 heteroatoms. The summed E-state index contributed by atoms with van der Waals surface area (Å²) < 4.78 is 10.8. The summed E-state index contributed by atoms with van der Waals surface area (Å²) in [6.45, 7) is 3.96. The predicted octanol–water partition coefficient (Wildman–Crippen LogP) is 4.24. The van der Waals surface area contributed by atoms with Gasteiger partial charge in [0.2, 0.25) is 0 Å². The number of fused-ring (bicyclic) bond motifs is 1. The van der Waals surface area contributed by atoms with Crippen molar-refractivity contribution >= 4 is 17.7 Å². The maximum Gasteiger partial charge on any atom is 0.255 e. The Kier molecular flexibility index (Phi) is 4.38. The SMILES string of the molecule is COc1ccc2c(c1)C=C(C(=O)Nc1cc(C)ccc1C)C=CO2. The molecule has 1 aliphatic heterocycles. The Morgan fingerprint density at radius 2 is 1.96 bits per heavy atom. The summed E-state index contributed by atoms with van der Waals surface area (Å²) in [5, 5.41) is 2.96. The molecule has 0 atom stereocenters. The molecule has 0 saturated carbocycles. The number of methoxy groups -OCH3 is 1. The van der Waals surface area contributed by atoms with Crippen molar-refractivity contribution in [3.8, 4) is 11.5 Å². The zero-order valence-electron chi connectivity index (χ0n) is 13.9. The average Bonchev–Trinajstić information content (AvgIpc) is 2.79. The van der Waals surface area contributed by atoms with Crippen LogP contribution >= 0.6 is 0 Å². The van der Waals surface area contributed by atoms with Crippen LogP contribution in [0.2, 0.25) is 0 Å². The number of aryl methyl sites for hydroxylation is 2. The fraction of sp³-hybridized carbons (Fsp3) is 0.150. The Morgan fingerprint density at radius 3 is 2.75 bits per heavy atom. The van der Waals surface area contributed by atoms with E-state index in [9.17, 15) is 4.79 Å². The van der Waals surface area contributed by atoms with E-state index in [0.29, 0.717) is 17.1 Å². The number of anilines is 1. The van der Waals surface area contributed by atoms with Crippen molar-refractivity contribution in [2.24, 2.45) is 0 Å². The van der Waals surface area contributed by atoms with Crippen molar-refractivity contribution in [3.63, 3.8) is 0 Å². The minimum absolute atomic E-state index is 0.181. The lowest BCUT2D eigenvalue weighted by molar-refractivity contribution is -0.112. The number of carbonyl (C=O) groups is 1. The fourth-order valence-electron chi connectivity index (χ4n) is 2.48. The Hall–Kier alpha value is -3.01.